The Labute approximate surface area is 190 Å². The number of anilines is 4. The fraction of sp³-hybridized carbons (Fsp3) is 0.0741. The Morgan fingerprint density at radius 2 is 1.69 bits per heavy atom. The van der Waals surface area contributed by atoms with Gasteiger partial charge in [0.15, 0.2) is 0 Å². The number of hydrogen-bond donors (Lipinski definition) is 3. The van der Waals surface area contributed by atoms with Crippen LogP contribution in [0.3, 0.4) is 0 Å². The summed E-state index contributed by atoms with van der Waals surface area (Å²) in [7, 11) is 0.902. The van der Waals surface area contributed by atoms with Crippen molar-refractivity contribution in [2.75, 3.05) is 22.1 Å². The lowest BCUT2D eigenvalue weighted by molar-refractivity contribution is 1.15. The van der Waals surface area contributed by atoms with Crippen molar-refractivity contribution in [3.63, 3.8) is 0 Å². The lowest BCUT2D eigenvalue weighted by Gasteiger charge is -2.13. The van der Waals surface area contributed by atoms with Gasteiger partial charge >= 0.3 is 0 Å². The molecule has 0 aliphatic carbocycles. The number of nitrogens with zero attached hydrogens (tertiary/aromatic N) is 1. The second-order valence-electron chi connectivity index (χ2n) is 7.66. The number of rotatable bonds is 7. The van der Waals surface area contributed by atoms with Gasteiger partial charge in [-0.15, -0.1) is 0 Å². The van der Waals surface area contributed by atoms with Gasteiger partial charge in [0.25, 0.3) is 0 Å². The summed E-state index contributed by atoms with van der Waals surface area (Å²) >= 11 is 0. The van der Waals surface area contributed by atoms with Gasteiger partial charge in [-0.1, -0.05) is 50.8 Å². The first kappa shape index (κ1) is 20.3. The molecule has 1 aliphatic rings. The Hall–Kier alpha value is -3.62. The van der Waals surface area contributed by atoms with Gasteiger partial charge in [-0.05, 0) is 66.3 Å². The molecule has 1 unspecified atom stereocenters. The molecule has 0 saturated carbocycles. The monoisotopic (exact) mass is 436 g/mol. The van der Waals surface area contributed by atoms with Crippen LogP contribution >= 0.6 is 8.58 Å². The maximum Gasteiger partial charge on any atom is 0.0722 e. The van der Waals surface area contributed by atoms with E-state index in [-0.39, 0.29) is 0 Å². The van der Waals surface area contributed by atoms with Crippen LogP contribution in [0.25, 0.3) is 10.9 Å². The molecule has 0 fully saturated rings. The summed E-state index contributed by atoms with van der Waals surface area (Å²) in [5.41, 5.74) is 7.73. The molecule has 0 amide bonds. The van der Waals surface area contributed by atoms with Gasteiger partial charge in [-0.3, -0.25) is 4.98 Å². The van der Waals surface area contributed by atoms with Gasteiger partial charge in [0, 0.05) is 46.6 Å². The number of benzene rings is 3. The van der Waals surface area contributed by atoms with Gasteiger partial charge in [0.1, 0.15) is 0 Å². The number of hydrogen-bond acceptors (Lipinski definition) is 4. The second kappa shape index (κ2) is 9.67. The van der Waals surface area contributed by atoms with E-state index >= 15 is 0 Å². The fourth-order valence-corrected chi connectivity index (χ4v) is 4.48. The Morgan fingerprint density at radius 1 is 0.812 bits per heavy atom. The molecule has 32 heavy (non-hydrogen) atoms. The van der Waals surface area contributed by atoms with Crippen molar-refractivity contribution in [1.29, 1.82) is 0 Å². The molecule has 1 aromatic heterocycles. The number of fused-ring (bicyclic) bond motifs is 1. The third-order valence-electron chi connectivity index (χ3n) is 5.35. The molecule has 0 radical (unpaired) electrons. The number of aromatic nitrogens is 1. The van der Waals surface area contributed by atoms with Gasteiger partial charge < -0.3 is 16.0 Å². The standard InChI is InChI=1S/C27H25N4P/c1-2-7-26-25(6-1)27(12-15-28-26)31-22-10-8-21(9-11-22)29-19-20-4-3-5-24(18-20)30-23-13-16-32-17-14-23/h1-16,18,29-30,32H,17,19H2,(H,28,31). The maximum atomic E-state index is 4.43. The van der Waals surface area contributed by atoms with E-state index in [0.29, 0.717) is 0 Å². The molecule has 5 rings (SSSR count). The Bertz CT molecular complexity index is 1270. The number of pyridine rings is 1. The van der Waals surface area contributed by atoms with Crippen molar-refractivity contribution >= 4 is 42.2 Å². The van der Waals surface area contributed by atoms with Crippen LogP contribution < -0.4 is 16.0 Å². The van der Waals surface area contributed by atoms with E-state index < -0.39 is 0 Å². The minimum Gasteiger partial charge on any atom is -0.381 e. The highest BCUT2D eigenvalue weighted by Crippen LogP contribution is 2.26. The molecule has 3 N–H and O–H groups in total. The molecule has 0 spiro atoms. The molecule has 158 valence electrons. The van der Waals surface area contributed by atoms with Crippen molar-refractivity contribution < 1.29 is 0 Å². The van der Waals surface area contributed by atoms with Gasteiger partial charge in [0.2, 0.25) is 0 Å². The van der Waals surface area contributed by atoms with E-state index in [1.165, 1.54) is 11.3 Å². The van der Waals surface area contributed by atoms with Gasteiger partial charge in [-0.2, -0.15) is 0 Å². The fourth-order valence-electron chi connectivity index (χ4n) is 3.71. The van der Waals surface area contributed by atoms with Crippen LogP contribution in [0.1, 0.15) is 5.56 Å². The zero-order chi connectivity index (χ0) is 21.6. The van der Waals surface area contributed by atoms with Crippen molar-refractivity contribution in [1.82, 2.24) is 4.98 Å². The summed E-state index contributed by atoms with van der Waals surface area (Å²) in [5, 5.41) is 11.6. The summed E-state index contributed by atoms with van der Waals surface area (Å²) in [4.78, 5) is 4.43. The van der Waals surface area contributed by atoms with E-state index in [9.17, 15) is 0 Å². The molecule has 0 bridgehead atoms. The van der Waals surface area contributed by atoms with E-state index in [4.69, 9.17) is 0 Å². The van der Waals surface area contributed by atoms with Crippen LogP contribution in [0.2, 0.25) is 0 Å². The SMILES string of the molecule is C1=CC(Nc2cccc(CNc3ccc(Nc4ccnc5ccccc45)cc3)c2)=CCP1. The van der Waals surface area contributed by atoms with E-state index in [1.807, 2.05) is 30.5 Å². The molecule has 0 saturated heterocycles. The number of para-hydroxylation sites is 1. The molecule has 3 aromatic carbocycles. The third-order valence-corrected chi connectivity index (χ3v) is 6.19. The van der Waals surface area contributed by atoms with E-state index in [1.54, 1.807) is 0 Å². The van der Waals surface area contributed by atoms with E-state index in [0.717, 1.165) is 54.9 Å². The predicted molar refractivity (Wildman–Crippen MR) is 139 cm³/mol. The van der Waals surface area contributed by atoms with Crippen LogP contribution in [0, 0.1) is 0 Å². The largest absolute Gasteiger partial charge is 0.381 e. The number of allylic oxidation sites excluding steroid dienone is 2. The smallest absolute Gasteiger partial charge is 0.0722 e. The third kappa shape index (κ3) is 4.99. The lowest BCUT2D eigenvalue weighted by Crippen LogP contribution is -2.02. The molecule has 4 aromatic rings. The lowest BCUT2D eigenvalue weighted by atomic mass is 10.1. The predicted octanol–water partition coefficient (Wildman–Crippen LogP) is 7.09. The van der Waals surface area contributed by atoms with Gasteiger partial charge in [-0.25, -0.2) is 0 Å². The Morgan fingerprint density at radius 3 is 2.56 bits per heavy atom. The zero-order valence-electron chi connectivity index (χ0n) is 17.7. The minimum absolute atomic E-state index is 0.771. The van der Waals surface area contributed by atoms with Crippen LogP contribution in [0.5, 0.6) is 0 Å². The molecule has 1 aliphatic heterocycles. The van der Waals surface area contributed by atoms with Gasteiger partial charge in [0.05, 0.1) is 5.52 Å². The summed E-state index contributed by atoms with van der Waals surface area (Å²) in [5.74, 6) is 2.24. The highest BCUT2D eigenvalue weighted by Gasteiger charge is 2.03. The Balaban J connectivity index is 1.21. The summed E-state index contributed by atoms with van der Waals surface area (Å²) < 4.78 is 0. The zero-order valence-corrected chi connectivity index (χ0v) is 18.7. The van der Waals surface area contributed by atoms with Crippen molar-refractivity contribution in [3.05, 3.63) is 114 Å². The van der Waals surface area contributed by atoms with Crippen LogP contribution in [0.4, 0.5) is 22.7 Å². The summed E-state index contributed by atoms with van der Waals surface area (Å²) in [6, 6.07) is 27.1. The average Bonchev–Trinajstić information content (AvgIpc) is 2.85. The first-order valence-electron chi connectivity index (χ1n) is 10.7. The molecule has 1 atom stereocenters. The maximum absolute atomic E-state index is 4.43. The molecule has 2 heterocycles. The highest BCUT2D eigenvalue weighted by atomic mass is 31.1. The molecule has 4 nitrogen and oxygen atoms in total. The van der Waals surface area contributed by atoms with Crippen molar-refractivity contribution in [2.24, 2.45) is 0 Å². The topological polar surface area (TPSA) is 49.0 Å². The molecular weight excluding hydrogens is 411 g/mol. The molecular formula is C27H25N4P. The quantitative estimate of drug-likeness (QED) is 0.271. The average molecular weight is 436 g/mol. The number of nitrogens with one attached hydrogen (secondary N) is 3. The van der Waals surface area contributed by atoms with Crippen molar-refractivity contribution in [3.8, 4) is 0 Å². The van der Waals surface area contributed by atoms with Crippen LogP contribution in [-0.4, -0.2) is 11.1 Å². The minimum atomic E-state index is 0.771. The van der Waals surface area contributed by atoms with Crippen molar-refractivity contribution in [2.45, 2.75) is 6.54 Å². The summed E-state index contributed by atoms with van der Waals surface area (Å²) in [6.07, 6.45) is 7.39. The molecule has 5 heteroatoms. The van der Waals surface area contributed by atoms with Crippen LogP contribution in [-0.2, 0) is 6.54 Å². The van der Waals surface area contributed by atoms with E-state index in [2.05, 4.69) is 93.5 Å². The summed E-state index contributed by atoms with van der Waals surface area (Å²) in [6.45, 7) is 0.771. The first-order chi connectivity index (χ1) is 15.8. The first-order valence-corrected chi connectivity index (χ1v) is 12.0. The Kier molecular flexibility index (Phi) is 6.13. The normalized spacial score (nSPS) is 13.7. The van der Waals surface area contributed by atoms with Crippen LogP contribution in [0.15, 0.2) is 109 Å². The second-order valence-corrected chi connectivity index (χ2v) is 8.81. The highest BCUT2D eigenvalue weighted by molar-refractivity contribution is 7.41.